The van der Waals surface area contributed by atoms with Gasteiger partial charge in [-0.2, -0.15) is 0 Å². The number of fused-ring (bicyclic) bond motifs is 1. The van der Waals surface area contributed by atoms with Crippen molar-refractivity contribution < 1.29 is 9.59 Å². The summed E-state index contributed by atoms with van der Waals surface area (Å²) < 4.78 is 0. The Hall–Kier alpha value is -1.84. The van der Waals surface area contributed by atoms with Gasteiger partial charge < -0.3 is 10.6 Å². The summed E-state index contributed by atoms with van der Waals surface area (Å²) in [7, 11) is 0. The Morgan fingerprint density at radius 1 is 0.964 bits per heavy atom. The summed E-state index contributed by atoms with van der Waals surface area (Å²) >= 11 is 0. The number of anilines is 1. The zero-order valence-electron chi connectivity index (χ0n) is 16.8. The van der Waals surface area contributed by atoms with Crippen molar-refractivity contribution in [2.24, 2.45) is 23.2 Å². The maximum Gasteiger partial charge on any atom is 0.226 e. The van der Waals surface area contributed by atoms with Gasteiger partial charge >= 0.3 is 0 Å². The van der Waals surface area contributed by atoms with Gasteiger partial charge in [0.1, 0.15) is 0 Å². The molecule has 1 aromatic rings. The Morgan fingerprint density at radius 3 is 2.36 bits per heavy atom. The monoisotopic (exact) mass is 380 g/mol. The summed E-state index contributed by atoms with van der Waals surface area (Å²) in [5, 5.41) is 6.19. The highest BCUT2D eigenvalue weighted by atomic mass is 16.2. The summed E-state index contributed by atoms with van der Waals surface area (Å²) in [6, 6.07) is 6.27. The number of nitrogens with one attached hydrogen (secondary N) is 2. The van der Waals surface area contributed by atoms with Crippen LogP contribution in [0, 0.1) is 23.2 Å². The van der Waals surface area contributed by atoms with Gasteiger partial charge in [0.05, 0.1) is 0 Å². The molecule has 5 aliphatic carbocycles. The molecule has 28 heavy (non-hydrogen) atoms. The molecular weight excluding hydrogens is 348 g/mol. The molecule has 0 heterocycles. The molecule has 0 radical (unpaired) electrons. The fraction of sp³-hybridized carbons (Fsp3) is 0.667. The molecule has 2 amide bonds. The van der Waals surface area contributed by atoms with Crippen LogP contribution >= 0.6 is 0 Å². The lowest BCUT2D eigenvalue weighted by molar-refractivity contribution is -0.146. The smallest absolute Gasteiger partial charge is 0.226 e. The fourth-order valence-corrected chi connectivity index (χ4v) is 6.90. The molecular formula is C24H32N2O2. The molecule has 0 aromatic heterocycles. The number of carbonyl (C=O) groups excluding carboxylic acids is 2. The Bertz CT molecular complexity index is 750. The lowest BCUT2D eigenvalue weighted by atomic mass is 9.49. The molecule has 4 saturated carbocycles. The van der Waals surface area contributed by atoms with E-state index in [9.17, 15) is 9.59 Å². The predicted octanol–water partition coefficient (Wildman–Crippen LogP) is 4.23. The topological polar surface area (TPSA) is 58.2 Å². The number of rotatable bonds is 6. The van der Waals surface area contributed by atoms with E-state index < -0.39 is 0 Å². The van der Waals surface area contributed by atoms with Crippen LogP contribution < -0.4 is 10.6 Å². The standard InChI is InChI=1S/C24H32N2O2/c27-22(26-21-7-6-19-3-1-4-20(19)12-21)5-2-8-25-23(28)24-13-16-9-17(14-24)11-18(10-16)15-24/h6-7,12,16-18H,1-5,8-11,13-15H2,(H,25,28)(H,26,27). The molecule has 2 N–H and O–H groups in total. The van der Waals surface area contributed by atoms with Gasteiger partial charge in [-0.15, -0.1) is 0 Å². The second-order valence-corrected chi connectivity index (χ2v) is 9.94. The Morgan fingerprint density at radius 2 is 1.64 bits per heavy atom. The first-order valence-corrected chi connectivity index (χ1v) is 11.3. The molecule has 0 saturated heterocycles. The van der Waals surface area contributed by atoms with Crippen LogP contribution in [-0.2, 0) is 22.4 Å². The minimum Gasteiger partial charge on any atom is -0.356 e. The van der Waals surface area contributed by atoms with Crippen LogP contribution in [0.1, 0.15) is 68.9 Å². The number of carbonyl (C=O) groups is 2. The zero-order valence-corrected chi connectivity index (χ0v) is 16.8. The van der Waals surface area contributed by atoms with Crippen LogP contribution in [-0.4, -0.2) is 18.4 Å². The predicted molar refractivity (Wildman–Crippen MR) is 110 cm³/mol. The molecule has 150 valence electrons. The summed E-state index contributed by atoms with van der Waals surface area (Å²) in [6.45, 7) is 0.609. The number of benzene rings is 1. The van der Waals surface area contributed by atoms with E-state index in [1.165, 1.54) is 36.8 Å². The molecule has 1 aromatic carbocycles. The van der Waals surface area contributed by atoms with Crippen molar-refractivity contribution in [3.63, 3.8) is 0 Å². The summed E-state index contributed by atoms with van der Waals surface area (Å²) in [5.41, 5.74) is 3.62. The number of aryl methyl sites for hydroxylation is 2. The van der Waals surface area contributed by atoms with Crippen LogP contribution in [0.25, 0.3) is 0 Å². The zero-order chi connectivity index (χ0) is 19.1. The van der Waals surface area contributed by atoms with Crippen LogP contribution in [0.5, 0.6) is 0 Å². The number of amides is 2. The molecule has 4 bridgehead atoms. The molecule has 0 spiro atoms. The van der Waals surface area contributed by atoms with E-state index in [0.717, 1.165) is 55.5 Å². The molecule has 0 atom stereocenters. The molecule has 4 heteroatoms. The van der Waals surface area contributed by atoms with E-state index >= 15 is 0 Å². The van der Waals surface area contributed by atoms with Crippen LogP contribution in [0.4, 0.5) is 5.69 Å². The first-order valence-electron chi connectivity index (χ1n) is 11.3. The summed E-state index contributed by atoms with van der Waals surface area (Å²) in [4.78, 5) is 25.2. The normalized spacial score (nSPS) is 32.2. The largest absolute Gasteiger partial charge is 0.356 e. The van der Waals surface area contributed by atoms with Gasteiger partial charge in [-0.3, -0.25) is 9.59 Å². The van der Waals surface area contributed by atoms with E-state index in [4.69, 9.17) is 0 Å². The minimum absolute atomic E-state index is 0.0435. The molecule has 6 rings (SSSR count). The van der Waals surface area contributed by atoms with E-state index in [0.29, 0.717) is 19.4 Å². The van der Waals surface area contributed by atoms with Crippen molar-refractivity contribution in [2.75, 3.05) is 11.9 Å². The minimum atomic E-state index is -0.0819. The average Bonchev–Trinajstić information content (AvgIpc) is 3.12. The van der Waals surface area contributed by atoms with Gasteiger partial charge in [0, 0.05) is 24.1 Å². The summed E-state index contributed by atoms with van der Waals surface area (Å²) in [6.07, 6.45) is 12.0. The van der Waals surface area contributed by atoms with Gasteiger partial charge in [-0.1, -0.05) is 6.07 Å². The highest BCUT2D eigenvalue weighted by molar-refractivity contribution is 5.91. The van der Waals surface area contributed by atoms with Gasteiger partial charge in [0.15, 0.2) is 0 Å². The van der Waals surface area contributed by atoms with E-state index in [1.54, 1.807) is 0 Å². The maximum atomic E-state index is 12.9. The van der Waals surface area contributed by atoms with Gasteiger partial charge in [-0.05, 0) is 105 Å². The molecule has 4 nitrogen and oxygen atoms in total. The van der Waals surface area contributed by atoms with Crippen molar-refractivity contribution in [3.8, 4) is 0 Å². The SMILES string of the molecule is O=C(CCCNC(=O)C12CC3CC(CC(C3)C1)C2)Nc1ccc2c(c1)CCC2. The van der Waals surface area contributed by atoms with Crippen molar-refractivity contribution in [1.29, 1.82) is 0 Å². The highest BCUT2D eigenvalue weighted by Gasteiger charge is 2.54. The second kappa shape index (κ2) is 7.20. The maximum absolute atomic E-state index is 12.9. The Balaban J connectivity index is 1.07. The van der Waals surface area contributed by atoms with Crippen molar-refractivity contribution >= 4 is 17.5 Å². The highest BCUT2D eigenvalue weighted by Crippen LogP contribution is 2.60. The van der Waals surface area contributed by atoms with Crippen LogP contribution in [0.15, 0.2) is 18.2 Å². The third kappa shape index (κ3) is 3.46. The Kier molecular flexibility index (Phi) is 4.68. The molecule has 5 aliphatic rings. The second-order valence-electron chi connectivity index (χ2n) is 9.94. The van der Waals surface area contributed by atoms with Gasteiger partial charge in [-0.25, -0.2) is 0 Å². The Labute approximate surface area is 167 Å². The molecule has 0 aliphatic heterocycles. The van der Waals surface area contributed by atoms with Gasteiger partial charge in [0.25, 0.3) is 0 Å². The van der Waals surface area contributed by atoms with E-state index in [-0.39, 0.29) is 17.2 Å². The first-order chi connectivity index (χ1) is 13.6. The summed E-state index contributed by atoms with van der Waals surface area (Å²) in [5.74, 6) is 2.67. The van der Waals surface area contributed by atoms with Crippen molar-refractivity contribution in [1.82, 2.24) is 5.32 Å². The van der Waals surface area contributed by atoms with Gasteiger partial charge in [0.2, 0.25) is 11.8 Å². The lowest BCUT2D eigenvalue weighted by Gasteiger charge is -2.55. The average molecular weight is 381 g/mol. The third-order valence-electron chi connectivity index (χ3n) is 7.77. The lowest BCUT2D eigenvalue weighted by Crippen LogP contribution is -2.53. The van der Waals surface area contributed by atoms with E-state index in [2.05, 4.69) is 22.8 Å². The molecule has 4 fully saturated rings. The third-order valence-corrected chi connectivity index (χ3v) is 7.77. The van der Waals surface area contributed by atoms with Crippen molar-refractivity contribution in [2.45, 2.75) is 70.6 Å². The van der Waals surface area contributed by atoms with Crippen LogP contribution in [0.2, 0.25) is 0 Å². The first kappa shape index (κ1) is 18.2. The quantitative estimate of drug-likeness (QED) is 0.726. The van der Waals surface area contributed by atoms with Crippen molar-refractivity contribution in [3.05, 3.63) is 29.3 Å². The molecule has 0 unspecified atom stereocenters. The fourth-order valence-electron chi connectivity index (χ4n) is 6.90. The number of hydrogen-bond donors (Lipinski definition) is 2. The van der Waals surface area contributed by atoms with E-state index in [1.807, 2.05) is 6.07 Å². The number of hydrogen-bond acceptors (Lipinski definition) is 2. The van der Waals surface area contributed by atoms with Crippen LogP contribution in [0.3, 0.4) is 0 Å².